The Morgan fingerprint density at radius 1 is 0.960 bits per heavy atom. The van der Waals surface area contributed by atoms with E-state index in [0.717, 1.165) is 45.2 Å². The number of hydrogen-bond acceptors (Lipinski definition) is 2. The molecular formula is C19H14Cl3N3. The summed E-state index contributed by atoms with van der Waals surface area (Å²) in [5, 5.41) is 3.59. The van der Waals surface area contributed by atoms with Crippen LogP contribution in [0.15, 0.2) is 36.5 Å². The largest absolute Gasteiger partial charge is 0.339 e. The third-order valence-electron chi connectivity index (χ3n) is 4.43. The zero-order valence-corrected chi connectivity index (χ0v) is 15.9. The molecular weight excluding hydrogens is 377 g/mol. The highest BCUT2D eigenvalue weighted by Gasteiger charge is 2.19. The van der Waals surface area contributed by atoms with Gasteiger partial charge in [0, 0.05) is 39.7 Å². The van der Waals surface area contributed by atoms with Crippen molar-refractivity contribution < 1.29 is 0 Å². The summed E-state index contributed by atoms with van der Waals surface area (Å²) >= 11 is 18.8. The molecule has 3 aromatic heterocycles. The van der Waals surface area contributed by atoms with Gasteiger partial charge in [-0.05, 0) is 44.2 Å². The molecule has 0 radical (unpaired) electrons. The van der Waals surface area contributed by atoms with Crippen LogP contribution in [0.4, 0.5) is 0 Å². The highest BCUT2D eigenvalue weighted by Crippen LogP contribution is 2.40. The van der Waals surface area contributed by atoms with Crippen molar-refractivity contribution in [2.24, 2.45) is 0 Å². The maximum atomic E-state index is 6.44. The minimum atomic E-state index is 0.360. The Morgan fingerprint density at radius 2 is 1.76 bits per heavy atom. The van der Waals surface area contributed by atoms with Gasteiger partial charge in [0.05, 0.1) is 16.7 Å². The molecule has 0 atom stereocenters. The molecule has 0 saturated carbocycles. The second-order valence-corrected chi connectivity index (χ2v) is 7.04. The average Bonchev–Trinajstić information content (AvgIpc) is 2.89. The van der Waals surface area contributed by atoms with E-state index in [-0.39, 0.29) is 0 Å². The third-order valence-corrected chi connectivity index (χ3v) is 5.15. The molecule has 0 saturated heterocycles. The molecule has 0 aliphatic rings. The summed E-state index contributed by atoms with van der Waals surface area (Å²) in [4.78, 5) is 8.64. The standard InChI is InChI=1S/C19H14Cl3N3/c1-3-25-17-10(2)23-7-6-12(17)14-8-11(20)9-15(18(14)25)13-4-5-16(21)24-19(13)22/h4-9H,3H2,1-2H3. The SMILES string of the molecule is CCn1c2c(-c3ccc(Cl)nc3Cl)cc(Cl)cc2c2ccnc(C)c21. The molecule has 0 amide bonds. The first-order chi connectivity index (χ1) is 12.0. The van der Waals surface area contributed by atoms with Gasteiger partial charge in [0.2, 0.25) is 0 Å². The van der Waals surface area contributed by atoms with Crippen LogP contribution in [0.2, 0.25) is 15.3 Å². The number of halogens is 3. The molecule has 0 bridgehead atoms. The van der Waals surface area contributed by atoms with E-state index in [0.29, 0.717) is 15.3 Å². The lowest BCUT2D eigenvalue weighted by molar-refractivity contribution is 0.822. The molecule has 0 aliphatic heterocycles. The summed E-state index contributed by atoms with van der Waals surface area (Å²) in [5.41, 5.74) is 4.92. The van der Waals surface area contributed by atoms with Gasteiger partial charge in [-0.15, -0.1) is 0 Å². The van der Waals surface area contributed by atoms with E-state index in [1.54, 1.807) is 6.07 Å². The second kappa shape index (κ2) is 6.17. The smallest absolute Gasteiger partial charge is 0.138 e. The van der Waals surface area contributed by atoms with Crippen molar-refractivity contribution >= 4 is 56.6 Å². The monoisotopic (exact) mass is 389 g/mol. The fourth-order valence-corrected chi connectivity index (χ4v) is 4.12. The molecule has 1 aromatic carbocycles. The number of fused-ring (bicyclic) bond motifs is 3. The first kappa shape index (κ1) is 16.6. The van der Waals surface area contributed by atoms with Gasteiger partial charge >= 0.3 is 0 Å². The van der Waals surface area contributed by atoms with E-state index in [2.05, 4.69) is 21.5 Å². The van der Waals surface area contributed by atoms with E-state index in [4.69, 9.17) is 34.8 Å². The van der Waals surface area contributed by atoms with E-state index in [1.807, 2.05) is 37.4 Å². The third kappa shape index (κ3) is 2.58. The van der Waals surface area contributed by atoms with Crippen molar-refractivity contribution in [2.45, 2.75) is 20.4 Å². The molecule has 3 heterocycles. The quantitative estimate of drug-likeness (QED) is 0.364. The van der Waals surface area contributed by atoms with Gasteiger partial charge in [-0.3, -0.25) is 4.98 Å². The van der Waals surface area contributed by atoms with Crippen molar-refractivity contribution in [1.82, 2.24) is 14.5 Å². The summed E-state index contributed by atoms with van der Waals surface area (Å²) in [6.45, 7) is 4.94. The van der Waals surface area contributed by atoms with Gasteiger partial charge in [-0.1, -0.05) is 34.8 Å². The number of hydrogen-bond donors (Lipinski definition) is 0. The number of pyridine rings is 2. The molecule has 25 heavy (non-hydrogen) atoms. The number of nitrogens with zero attached hydrogens (tertiary/aromatic N) is 3. The Kier molecular flexibility index (Phi) is 4.11. The predicted octanol–water partition coefficient (Wildman–Crippen LogP) is 6.54. The van der Waals surface area contributed by atoms with Crippen LogP contribution in [0.3, 0.4) is 0 Å². The van der Waals surface area contributed by atoms with Gasteiger partial charge in [-0.25, -0.2) is 4.98 Å². The van der Waals surface area contributed by atoms with Crippen LogP contribution < -0.4 is 0 Å². The number of benzene rings is 1. The van der Waals surface area contributed by atoms with Crippen molar-refractivity contribution in [3.8, 4) is 11.1 Å². The molecule has 6 heteroatoms. The molecule has 0 spiro atoms. The van der Waals surface area contributed by atoms with Crippen LogP contribution in [-0.2, 0) is 6.54 Å². The average molecular weight is 391 g/mol. The zero-order chi connectivity index (χ0) is 17.7. The molecule has 0 N–H and O–H groups in total. The lowest BCUT2D eigenvalue weighted by atomic mass is 10.0. The maximum absolute atomic E-state index is 6.44. The summed E-state index contributed by atoms with van der Waals surface area (Å²) in [6.07, 6.45) is 1.83. The molecule has 0 fully saturated rings. The number of aryl methyl sites for hydroxylation is 2. The first-order valence-corrected chi connectivity index (χ1v) is 9.04. The van der Waals surface area contributed by atoms with E-state index < -0.39 is 0 Å². The Balaban J connectivity index is 2.22. The minimum Gasteiger partial charge on any atom is -0.339 e. The van der Waals surface area contributed by atoms with Gasteiger partial charge in [-0.2, -0.15) is 0 Å². The maximum Gasteiger partial charge on any atom is 0.138 e. The molecule has 0 aliphatic carbocycles. The molecule has 4 rings (SSSR count). The Morgan fingerprint density at radius 3 is 2.48 bits per heavy atom. The molecule has 3 nitrogen and oxygen atoms in total. The van der Waals surface area contributed by atoms with E-state index in [1.165, 1.54) is 0 Å². The van der Waals surface area contributed by atoms with Crippen LogP contribution in [0.1, 0.15) is 12.6 Å². The summed E-state index contributed by atoms with van der Waals surface area (Å²) < 4.78 is 2.25. The second-order valence-electron chi connectivity index (χ2n) is 5.86. The predicted molar refractivity (Wildman–Crippen MR) is 106 cm³/mol. The summed E-state index contributed by atoms with van der Waals surface area (Å²) in [5.74, 6) is 0. The highest BCUT2D eigenvalue weighted by atomic mass is 35.5. The fourth-order valence-electron chi connectivity index (χ4n) is 3.46. The van der Waals surface area contributed by atoms with E-state index >= 15 is 0 Å². The normalized spacial score (nSPS) is 11.6. The fraction of sp³-hybridized carbons (Fsp3) is 0.158. The van der Waals surface area contributed by atoms with Crippen molar-refractivity contribution in [3.63, 3.8) is 0 Å². The summed E-state index contributed by atoms with van der Waals surface area (Å²) in [7, 11) is 0. The van der Waals surface area contributed by atoms with Gasteiger partial charge in [0.15, 0.2) is 0 Å². The van der Waals surface area contributed by atoms with Gasteiger partial charge in [0.1, 0.15) is 10.3 Å². The van der Waals surface area contributed by atoms with Crippen LogP contribution in [0.5, 0.6) is 0 Å². The van der Waals surface area contributed by atoms with Crippen LogP contribution in [-0.4, -0.2) is 14.5 Å². The lowest BCUT2D eigenvalue weighted by Crippen LogP contribution is -1.98. The van der Waals surface area contributed by atoms with Crippen LogP contribution in [0.25, 0.3) is 32.9 Å². The lowest BCUT2D eigenvalue weighted by Gasteiger charge is -2.11. The van der Waals surface area contributed by atoms with Crippen LogP contribution >= 0.6 is 34.8 Å². The van der Waals surface area contributed by atoms with Crippen LogP contribution in [0, 0.1) is 6.92 Å². The topological polar surface area (TPSA) is 30.7 Å². The number of rotatable bonds is 2. The van der Waals surface area contributed by atoms with E-state index in [9.17, 15) is 0 Å². The Hall–Kier alpha value is -1.81. The van der Waals surface area contributed by atoms with Gasteiger partial charge < -0.3 is 4.57 Å². The molecule has 126 valence electrons. The zero-order valence-electron chi connectivity index (χ0n) is 13.6. The first-order valence-electron chi connectivity index (χ1n) is 7.90. The van der Waals surface area contributed by atoms with Gasteiger partial charge in [0.25, 0.3) is 0 Å². The minimum absolute atomic E-state index is 0.360. The van der Waals surface area contributed by atoms with Crippen molar-refractivity contribution in [3.05, 3.63) is 57.6 Å². The van der Waals surface area contributed by atoms with Crippen molar-refractivity contribution in [2.75, 3.05) is 0 Å². The number of aromatic nitrogens is 3. The highest BCUT2D eigenvalue weighted by molar-refractivity contribution is 6.36. The van der Waals surface area contributed by atoms with Crippen molar-refractivity contribution in [1.29, 1.82) is 0 Å². The Bertz CT molecular complexity index is 1130. The molecule has 0 unspecified atom stereocenters. The molecule has 4 aromatic rings. The Labute approximate surface area is 160 Å². The summed E-state index contributed by atoms with van der Waals surface area (Å²) in [6, 6.07) is 9.56.